The second-order valence-electron chi connectivity index (χ2n) is 11.6. The molecule has 0 bridgehead atoms. The van der Waals surface area contributed by atoms with Crippen molar-refractivity contribution in [2.75, 3.05) is 30.3 Å². The molecule has 47 heavy (non-hydrogen) atoms. The van der Waals surface area contributed by atoms with Gasteiger partial charge < -0.3 is 36.6 Å². The van der Waals surface area contributed by atoms with Crippen molar-refractivity contribution in [1.82, 2.24) is 24.8 Å². The maximum absolute atomic E-state index is 12.6. The number of benzene rings is 3. The molecule has 2 aromatic heterocycles. The smallest absolute Gasteiger partial charge is 0.252 e. The number of carbonyl (C=O) groups is 1. The number of fused-ring (bicyclic) bond motifs is 1. The zero-order valence-corrected chi connectivity index (χ0v) is 26.1. The minimum atomic E-state index is -1.44. The average Bonchev–Trinajstić information content (AvgIpc) is 3.66. The molecule has 1 amide bonds. The van der Waals surface area contributed by atoms with Crippen LogP contribution in [0.5, 0.6) is 0 Å². The first-order valence-electron chi connectivity index (χ1n) is 15.8. The van der Waals surface area contributed by atoms with Crippen molar-refractivity contribution in [3.63, 3.8) is 0 Å². The molecule has 1 aliphatic rings. The number of carbonyl (C=O) groups excluding carboxylic acids is 1. The summed E-state index contributed by atoms with van der Waals surface area (Å²) in [4.78, 5) is 26.8. The Labute approximate surface area is 273 Å². The third kappa shape index (κ3) is 7.10. The van der Waals surface area contributed by atoms with Crippen LogP contribution in [0.15, 0.2) is 97.3 Å². The summed E-state index contributed by atoms with van der Waals surface area (Å²) in [6, 6.07) is 30.3. The molecule has 0 radical (unpaired) electrons. The number of rotatable bonds is 13. The number of hydrogen-bond donors (Lipinski definition) is 6. The molecular formula is C35H40N8O4. The number of nitrogens with one attached hydrogen (secondary N) is 3. The number of aliphatic hydroxyl groups is 2. The zero-order chi connectivity index (χ0) is 32.8. The Morgan fingerprint density at radius 2 is 1.57 bits per heavy atom. The Kier molecular flexibility index (Phi) is 10.0. The number of imidazole rings is 1. The zero-order valence-electron chi connectivity index (χ0n) is 26.1. The van der Waals surface area contributed by atoms with Crippen molar-refractivity contribution in [3.8, 4) is 0 Å². The predicted octanol–water partition coefficient (Wildman–Crippen LogP) is 2.81. The highest BCUT2D eigenvalue weighted by Gasteiger charge is 2.47. The maximum atomic E-state index is 12.6. The van der Waals surface area contributed by atoms with Crippen LogP contribution in [0.3, 0.4) is 0 Å². The van der Waals surface area contributed by atoms with Gasteiger partial charge in [0.1, 0.15) is 12.2 Å². The molecule has 6 rings (SSSR count). The molecular weight excluding hydrogens is 596 g/mol. The lowest BCUT2D eigenvalue weighted by atomic mass is 9.91. The SMILES string of the molecule is CCNC(=O)[C@H]1O[C@H](n2cnc3c(NCC(c4ccccc4)c4ccccc4)nc(NC(CN)Cc4ccccc4)nc32)[C@H](O)[C@@H]1O. The maximum Gasteiger partial charge on any atom is 0.252 e. The minimum absolute atomic E-state index is 0.00347. The van der Waals surface area contributed by atoms with Crippen LogP contribution in [0.25, 0.3) is 11.2 Å². The number of aliphatic hydroxyl groups excluding tert-OH is 2. The molecule has 0 spiro atoms. The number of amides is 1. The Morgan fingerprint density at radius 1 is 0.936 bits per heavy atom. The molecule has 1 aliphatic heterocycles. The Balaban J connectivity index is 1.36. The lowest BCUT2D eigenvalue weighted by molar-refractivity contribution is -0.137. The van der Waals surface area contributed by atoms with Gasteiger partial charge in [0, 0.05) is 31.6 Å². The second-order valence-corrected chi connectivity index (χ2v) is 11.6. The largest absolute Gasteiger partial charge is 0.387 e. The third-order valence-corrected chi connectivity index (χ3v) is 8.36. The van der Waals surface area contributed by atoms with E-state index in [1.165, 1.54) is 10.9 Å². The van der Waals surface area contributed by atoms with Crippen molar-refractivity contribution in [3.05, 3.63) is 114 Å². The standard InChI is InChI=1S/C35H40N8O4/c1-2-37-33(46)30-28(44)29(45)34(47-30)43-21-39-27-31(38-20-26(23-14-8-4-9-15-23)24-16-10-5-11-17-24)41-35(42-32(27)43)40-25(19-36)18-22-12-6-3-7-13-22/h3-17,21,25-26,28-30,34,44-45H,2,18-20,36H2,1H3,(H,37,46)(H2,38,40,41,42)/t25?,28-,29+,30-,34-/m0/s1. The van der Waals surface area contributed by atoms with Crippen molar-refractivity contribution in [1.29, 1.82) is 0 Å². The van der Waals surface area contributed by atoms with Crippen LogP contribution < -0.4 is 21.7 Å². The minimum Gasteiger partial charge on any atom is -0.387 e. The summed E-state index contributed by atoms with van der Waals surface area (Å²) in [5.74, 6) is 0.267. The van der Waals surface area contributed by atoms with Crippen LogP contribution in [-0.4, -0.2) is 79.6 Å². The van der Waals surface area contributed by atoms with E-state index in [0.29, 0.717) is 49.0 Å². The second kappa shape index (κ2) is 14.7. The Morgan fingerprint density at radius 3 is 2.19 bits per heavy atom. The first kappa shape index (κ1) is 32.1. The topological polar surface area (TPSA) is 172 Å². The predicted molar refractivity (Wildman–Crippen MR) is 180 cm³/mol. The molecule has 244 valence electrons. The molecule has 0 aliphatic carbocycles. The average molecular weight is 637 g/mol. The van der Waals surface area contributed by atoms with Gasteiger partial charge in [0.2, 0.25) is 5.95 Å². The molecule has 3 heterocycles. The molecule has 5 atom stereocenters. The number of hydrogen-bond acceptors (Lipinski definition) is 10. The van der Waals surface area contributed by atoms with E-state index in [-0.39, 0.29) is 12.0 Å². The summed E-state index contributed by atoms with van der Waals surface area (Å²) in [5, 5.41) is 31.3. The summed E-state index contributed by atoms with van der Waals surface area (Å²) in [6.45, 7) is 2.95. The van der Waals surface area contributed by atoms with Crippen molar-refractivity contribution in [2.24, 2.45) is 5.73 Å². The third-order valence-electron chi connectivity index (χ3n) is 8.36. The highest BCUT2D eigenvalue weighted by molar-refractivity contribution is 5.85. The van der Waals surface area contributed by atoms with Crippen LogP contribution >= 0.6 is 0 Å². The lowest BCUT2D eigenvalue weighted by Crippen LogP contribution is -2.42. The van der Waals surface area contributed by atoms with E-state index in [4.69, 9.17) is 20.4 Å². The number of ether oxygens (including phenoxy) is 1. The van der Waals surface area contributed by atoms with E-state index < -0.39 is 30.4 Å². The van der Waals surface area contributed by atoms with Crippen molar-refractivity contribution in [2.45, 2.75) is 49.8 Å². The van der Waals surface area contributed by atoms with Crippen LogP contribution in [-0.2, 0) is 16.0 Å². The van der Waals surface area contributed by atoms with Gasteiger partial charge in [0.05, 0.1) is 6.33 Å². The van der Waals surface area contributed by atoms with Gasteiger partial charge in [-0.2, -0.15) is 9.97 Å². The fraction of sp³-hybridized carbons (Fsp3) is 0.314. The van der Waals surface area contributed by atoms with Crippen LogP contribution in [0.2, 0.25) is 0 Å². The molecule has 7 N–H and O–H groups in total. The van der Waals surface area contributed by atoms with Gasteiger partial charge in [-0.3, -0.25) is 9.36 Å². The molecule has 3 aromatic carbocycles. The fourth-order valence-corrected chi connectivity index (χ4v) is 5.94. The molecule has 12 heteroatoms. The number of aromatic nitrogens is 4. The van der Waals surface area contributed by atoms with Gasteiger partial charge >= 0.3 is 0 Å². The van der Waals surface area contributed by atoms with E-state index in [9.17, 15) is 15.0 Å². The van der Waals surface area contributed by atoms with E-state index in [1.54, 1.807) is 6.92 Å². The quantitative estimate of drug-likeness (QED) is 0.113. The summed E-state index contributed by atoms with van der Waals surface area (Å²) < 4.78 is 7.45. The summed E-state index contributed by atoms with van der Waals surface area (Å²) >= 11 is 0. The number of nitrogens with two attached hydrogens (primary N) is 1. The summed E-state index contributed by atoms with van der Waals surface area (Å²) in [7, 11) is 0. The monoisotopic (exact) mass is 636 g/mol. The van der Waals surface area contributed by atoms with Crippen molar-refractivity contribution >= 4 is 28.8 Å². The lowest BCUT2D eigenvalue weighted by Gasteiger charge is -2.21. The van der Waals surface area contributed by atoms with E-state index in [1.807, 2.05) is 66.7 Å². The highest BCUT2D eigenvalue weighted by Crippen LogP contribution is 2.34. The molecule has 1 unspecified atom stereocenters. The van der Waals surface area contributed by atoms with Gasteiger partial charge in [0.15, 0.2) is 29.3 Å². The normalized spacial score (nSPS) is 19.9. The number of anilines is 2. The number of nitrogens with zero attached hydrogens (tertiary/aromatic N) is 4. The van der Waals surface area contributed by atoms with E-state index in [0.717, 1.165) is 16.7 Å². The van der Waals surface area contributed by atoms with Gasteiger partial charge in [0.25, 0.3) is 5.91 Å². The molecule has 12 nitrogen and oxygen atoms in total. The van der Waals surface area contributed by atoms with Crippen LogP contribution in [0.4, 0.5) is 11.8 Å². The van der Waals surface area contributed by atoms with Gasteiger partial charge in [-0.05, 0) is 30.0 Å². The number of likely N-dealkylation sites (N-methyl/N-ethyl adjacent to an activating group) is 1. The Bertz CT molecular complexity index is 1720. The molecule has 1 fully saturated rings. The fourth-order valence-electron chi connectivity index (χ4n) is 5.94. The van der Waals surface area contributed by atoms with Crippen molar-refractivity contribution < 1.29 is 19.7 Å². The molecule has 1 saturated heterocycles. The van der Waals surface area contributed by atoms with Gasteiger partial charge in [-0.15, -0.1) is 0 Å². The van der Waals surface area contributed by atoms with E-state index in [2.05, 4.69) is 45.2 Å². The Hall–Kier alpha value is -4.88. The highest BCUT2D eigenvalue weighted by atomic mass is 16.6. The van der Waals surface area contributed by atoms with Gasteiger partial charge in [-0.1, -0.05) is 91.0 Å². The first-order chi connectivity index (χ1) is 23.0. The van der Waals surface area contributed by atoms with Crippen LogP contribution in [0, 0.1) is 0 Å². The molecule has 5 aromatic rings. The summed E-state index contributed by atoms with van der Waals surface area (Å²) in [5.41, 5.74) is 10.4. The van der Waals surface area contributed by atoms with Crippen LogP contribution in [0.1, 0.15) is 35.8 Å². The van der Waals surface area contributed by atoms with E-state index >= 15 is 0 Å². The first-order valence-corrected chi connectivity index (χ1v) is 15.8. The van der Waals surface area contributed by atoms with Gasteiger partial charge in [-0.25, -0.2) is 4.98 Å². The molecule has 0 saturated carbocycles. The summed E-state index contributed by atoms with van der Waals surface area (Å²) in [6.07, 6.45) is -3.09.